The Balaban J connectivity index is 2.22. The summed E-state index contributed by atoms with van der Waals surface area (Å²) < 4.78 is 3.92. The third kappa shape index (κ3) is 2.32. The number of amides is 1. The van der Waals surface area contributed by atoms with Crippen molar-refractivity contribution in [2.24, 2.45) is 0 Å². The van der Waals surface area contributed by atoms with Gasteiger partial charge in [0.2, 0.25) is 0 Å². The lowest BCUT2D eigenvalue weighted by Gasteiger charge is -2.35. The summed E-state index contributed by atoms with van der Waals surface area (Å²) in [5, 5.41) is 7.26. The van der Waals surface area contributed by atoms with Gasteiger partial charge in [0.25, 0.3) is 5.91 Å². The minimum Gasteiger partial charge on any atom is -0.335 e. The molecule has 0 atom stereocenters. The number of carbonyl (C=O) groups is 1. The summed E-state index contributed by atoms with van der Waals surface area (Å²) >= 11 is 1.19. The maximum atomic E-state index is 12.3. The van der Waals surface area contributed by atoms with Crippen LogP contribution in [0, 0.1) is 0 Å². The zero-order chi connectivity index (χ0) is 12.6. The molecule has 0 aromatic carbocycles. The summed E-state index contributed by atoms with van der Waals surface area (Å²) in [6, 6.07) is 0.303. The van der Waals surface area contributed by atoms with Gasteiger partial charge in [-0.1, -0.05) is 25.3 Å². The predicted octanol–water partition coefficient (Wildman–Crippen LogP) is 0.879. The van der Waals surface area contributed by atoms with Crippen molar-refractivity contribution < 1.29 is 4.79 Å². The molecule has 0 unspecified atom stereocenters. The molecule has 94 valence electrons. The smallest absolute Gasteiger partial charge is 0.267 e. The Kier molecular flexibility index (Phi) is 3.18. The number of likely N-dealkylation sites (N-methyl/N-ethyl adjacent to an activating group) is 1. The minimum absolute atomic E-state index is 0.0384. The molecule has 1 N–H and O–H groups in total. The molecule has 6 heteroatoms. The lowest BCUT2D eigenvalue weighted by molar-refractivity contribution is 0.0683. The molecule has 1 aromatic heterocycles. The van der Waals surface area contributed by atoms with Gasteiger partial charge in [-0.25, -0.2) is 0 Å². The van der Waals surface area contributed by atoms with E-state index in [1.165, 1.54) is 11.5 Å². The van der Waals surface area contributed by atoms with Crippen molar-refractivity contribution in [1.82, 2.24) is 19.8 Å². The molecule has 1 saturated heterocycles. The van der Waals surface area contributed by atoms with E-state index in [0.29, 0.717) is 10.9 Å². The number of hydrogen-bond acceptors (Lipinski definition) is 5. The fourth-order valence-corrected chi connectivity index (χ4v) is 2.55. The van der Waals surface area contributed by atoms with E-state index >= 15 is 0 Å². The van der Waals surface area contributed by atoms with Crippen LogP contribution in [0.4, 0.5) is 0 Å². The van der Waals surface area contributed by atoms with E-state index < -0.39 is 0 Å². The zero-order valence-electron chi connectivity index (χ0n) is 10.6. The van der Waals surface area contributed by atoms with Crippen LogP contribution in [0.1, 0.15) is 36.1 Å². The lowest BCUT2D eigenvalue weighted by atomic mass is 9.91. The Hall–Kier alpha value is -1.01. The van der Waals surface area contributed by atoms with Crippen molar-refractivity contribution in [3.05, 3.63) is 10.6 Å². The first-order chi connectivity index (χ1) is 7.91. The Morgan fingerprint density at radius 2 is 2.12 bits per heavy atom. The topological polar surface area (TPSA) is 58.1 Å². The molecule has 1 aromatic rings. The van der Waals surface area contributed by atoms with Crippen LogP contribution in [0.15, 0.2) is 0 Å². The van der Waals surface area contributed by atoms with Crippen LogP contribution in [-0.2, 0) is 5.41 Å². The van der Waals surface area contributed by atoms with Crippen LogP contribution < -0.4 is 5.32 Å². The number of nitrogens with one attached hydrogen (secondary N) is 1. The van der Waals surface area contributed by atoms with Crippen molar-refractivity contribution in [2.75, 3.05) is 20.1 Å². The van der Waals surface area contributed by atoms with Crippen molar-refractivity contribution >= 4 is 17.4 Å². The van der Waals surface area contributed by atoms with Crippen molar-refractivity contribution in [1.29, 1.82) is 0 Å². The Bertz CT molecular complexity index is 419. The van der Waals surface area contributed by atoms with Gasteiger partial charge in [-0.2, -0.15) is 0 Å². The highest BCUT2D eigenvalue weighted by Gasteiger charge is 2.32. The quantitative estimate of drug-likeness (QED) is 0.851. The zero-order valence-corrected chi connectivity index (χ0v) is 11.5. The van der Waals surface area contributed by atoms with E-state index in [9.17, 15) is 4.79 Å². The highest BCUT2D eigenvalue weighted by Crippen LogP contribution is 2.27. The van der Waals surface area contributed by atoms with Crippen LogP contribution >= 0.6 is 11.5 Å². The van der Waals surface area contributed by atoms with Gasteiger partial charge in [0.15, 0.2) is 0 Å². The molecule has 0 bridgehead atoms. The van der Waals surface area contributed by atoms with Crippen LogP contribution in [0.2, 0.25) is 0 Å². The minimum atomic E-state index is -0.142. The SMILES string of the molecule is CN(C(=O)c1snnc1C(C)(C)C)C1CNC1. The molecular weight excluding hydrogens is 236 g/mol. The van der Waals surface area contributed by atoms with Crippen LogP contribution in [0.3, 0.4) is 0 Å². The molecule has 0 radical (unpaired) electrons. The van der Waals surface area contributed by atoms with Crippen LogP contribution in [-0.4, -0.2) is 46.6 Å². The molecule has 5 nitrogen and oxygen atoms in total. The van der Waals surface area contributed by atoms with Gasteiger partial charge < -0.3 is 10.2 Å². The van der Waals surface area contributed by atoms with E-state index in [0.717, 1.165) is 18.8 Å². The van der Waals surface area contributed by atoms with Gasteiger partial charge in [-0.05, 0) is 11.5 Å². The average molecular weight is 254 g/mol. The predicted molar refractivity (Wildman–Crippen MR) is 67.4 cm³/mol. The Morgan fingerprint density at radius 1 is 1.47 bits per heavy atom. The summed E-state index contributed by atoms with van der Waals surface area (Å²) in [7, 11) is 1.85. The normalized spacial score (nSPS) is 16.7. The first-order valence-corrected chi connectivity index (χ1v) is 6.49. The summed E-state index contributed by atoms with van der Waals surface area (Å²) in [5.74, 6) is 0.0384. The Labute approximate surface area is 105 Å². The highest BCUT2D eigenvalue weighted by molar-refractivity contribution is 7.08. The van der Waals surface area contributed by atoms with Gasteiger partial charge >= 0.3 is 0 Å². The summed E-state index contributed by atoms with van der Waals surface area (Å²) in [4.78, 5) is 14.8. The molecule has 17 heavy (non-hydrogen) atoms. The molecule has 0 aliphatic carbocycles. The number of hydrogen-bond donors (Lipinski definition) is 1. The standard InChI is InChI=1S/C11H18N4OS/c1-11(2,3)9-8(17-14-13-9)10(16)15(4)7-5-12-6-7/h7,12H,5-6H2,1-4H3. The van der Waals surface area contributed by atoms with Gasteiger partial charge in [-0.3, -0.25) is 4.79 Å². The summed E-state index contributed by atoms with van der Waals surface area (Å²) in [5.41, 5.74) is 0.656. The van der Waals surface area contributed by atoms with E-state index in [2.05, 4.69) is 14.9 Å². The van der Waals surface area contributed by atoms with Gasteiger partial charge in [0.05, 0.1) is 11.7 Å². The molecular formula is C11H18N4OS. The fraction of sp³-hybridized carbons (Fsp3) is 0.727. The monoisotopic (exact) mass is 254 g/mol. The fourth-order valence-electron chi connectivity index (χ4n) is 1.69. The number of aromatic nitrogens is 2. The maximum Gasteiger partial charge on any atom is 0.267 e. The van der Waals surface area contributed by atoms with Crippen molar-refractivity contribution in [3.63, 3.8) is 0 Å². The second-order valence-corrected chi connectivity index (χ2v) is 6.18. The van der Waals surface area contributed by atoms with Crippen LogP contribution in [0.5, 0.6) is 0 Å². The van der Waals surface area contributed by atoms with Gasteiger partial charge in [-0.15, -0.1) is 5.10 Å². The molecule has 1 fully saturated rings. The number of rotatable bonds is 2. The third-order valence-corrected chi connectivity index (χ3v) is 3.73. The second-order valence-electron chi connectivity index (χ2n) is 5.43. The van der Waals surface area contributed by atoms with E-state index in [-0.39, 0.29) is 11.3 Å². The summed E-state index contributed by atoms with van der Waals surface area (Å²) in [6.45, 7) is 7.89. The second kappa shape index (κ2) is 4.34. The molecule has 1 aliphatic heterocycles. The maximum absolute atomic E-state index is 12.3. The first-order valence-electron chi connectivity index (χ1n) is 5.72. The van der Waals surface area contributed by atoms with E-state index in [1.54, 1.807) is 4.90 Å². The van der Waals surface area contributed by atoms with Gasteiger partial charge in [0.1, 0.15) is 4.88 Å². The lowest BCUT2D eigenvalue weighted by Crippen LogP contribution is -2.57. The highest BCUT2D eigenvalue weighted by atomic mass is 32.1. The molecule has 1 aliphatic rings. The summed E-state index contributed by atoms with van der Waals surface area (Å²) in [6.07, 6.45) is 0. The molecule has 2 heterocycles. The number of carbonyl (C=O) groups excluding carboxylic acids is 1. The third-order valence-electron chi connectivity index (χ3n) is 3.02. The molecule has 0 saturated carbocycles. The molecule has 0 spiro atoms. The van der Waals surface area contributed by atoms with Crippen molar-refractivity contribution in [3.8, 4) is 0 Å². The van der Waals surface area contributed by atoms with Crippen LogP contribution in [0.25, 0.3) is 0 Å². The number of nitrogens with zero attached hydrogens (tertiary/aromatic N) is 3. The van der Waals surface area contributed by atoms with E-state index in [1.807, 2.05) is 27.8 Å². The largest absolute Gasteiger partial charge is 0.335 e. The first kappa shape index (κ1) is 12.4. The molecule has 2 rings (SSSR count). The van der Waals surface area contributed by atoms with Gasteiger partial charge in [0, 0.05) is 25.6 Å². The average Bonchev–Trinajstić information content (AvgIpc) is 2.60. The molecule has 1 amide bonds. The Morgan fingerprint density at radius 3 is 2.59 bits per heavy atom. The van der Waals surface area contributed by atoms with E-state index in [4.69, 9.17) is 0 Å². The van der Waals surface area contributed by atoms with Crippen molar-refractivity contribution in [2.45, 2.75) is 32.2 Å².